The van der Waals surface area contributed by atoms with Crippen molar-refractivity contribution in [2.24, 2.45) is 5.92 Å². The average molecular weight is 170 g/mol. The van der Waals surface area contributed by atoms with E-state index in [9.17, 15) is 4.79 Å². The highest BCUT2D eigenvalue weighted by Gasteiger charge is 1.99. The Hall–Kier alpha value is -0.790. The van der Waals surface area contributed by atoms with Crippen molar-refractivity contribution in [1.29, 1.82) is 0 Å². The van der Waals surface area contributed by atoms with Crippen LogP contribution in [0, 0.1) is 5.92 Å². The highest BCUT2D eigenvalue weighted by molar-refractivity contribution is 5.81. The zero-order valence-corrected chi connectivity index (χ0v) is 8.01. The first-order chi connectivity index (χ1) is 5.70. The van der Waals surface area contributed by atoms with Crippen LogP contribution < -0.4 is 0 Å². The summed E-state index contributed by atoms with van der Waals surface area (Å²) in [6.45, 7) is 8.21. The molecule has 0 aromatic carbocycles. The Balaban J connectivity index is 3.21. The van der Waals surface area contributed by atoms with Crippen molar-refractivity contribution in [2.45, 2.75) is 33.1 Å². The van der Waals surface area contributed by atoms with E-state index < -0.39 is 0 Å². The second kappa shape index (κ2) is 6.89. The second-order valence-corrected chi connectivity index (χ2v) is 3.03. The van der Waals surface area contributed by atoms with Gasteiger partial charge in [-0.3, -0.25) is 0 Å². The number of carbonyl (C=O) groups is 1. The molecule has 0 N–H and O–H groups in total. The van der Waals surface area contributed by atoms with E-state index in [1.165, 1.54) is 12.5 Å². The number of ether oxygens (including phenoxy) is 1. The van der Waals surface area contributed by atoms with Gasteiger partial charge in [-0.05, 0) is 18.8 Å². The normalized spacial score (nSPS) is 12.2. The van der Waals surface area contributed by atoms with Crippen LogP contribution in [0.3, 0.4) is 0 Å². The van der Waals surface area contributed by atoms with E-state index in [0.29, 0.717) is 6.61 Å². The van der Waals surface area contributed by atoms with Crippen molar-refractivity contribution in [3.05, 3.63) is 12.7 Å². The van der Waals surface area contributed by atoms with Gasteiger partial charge >= 0.3 is 5.97 Å². The zero-order chi connectivity index (χ0) is 9.40. The van der Waals surface area contributed by atoms with E-state index in [1.807, 2.05) is 0 Å². The lowest BCUT2D eigenvalue weighted by atomic mass is 10.0. The van der Waals surface area contributed by atoms with Crippen LogP contribution in [0.2, 0.25) is 0 Å². The van der Waals surface area contributed by atoms with E-state index in [4.69, 9.17) is 4.74 Å². The van der Waals surface area contributed by atoms with E-state index in [0.717, 1.165) is 18.8 Å². The topological polar surface area (TPSA) is 26.3 Å². The van der Waals surface area contributed by atoms with E-state index >= 15 is 0 Å². The lowest BCUT2D eigenvalue weighted by Gasteiger charge is -2.07. The van der Waals surface area contributed by atoms with Gasteiger partial charge in [-0.2, -0.15) is 0 Å². The van der Waals surface area contributed by atoms with Gasteiger partial charge in [0, 0.05) is 6.08 Å². The van der Waals surface area contributed by atoms with Crippen molar-refractivity contribution in [3.8, 4) is 0 Å². The third-order valence-corrected chi connectivity index (χ3v) is 1.95. The maximum absolute atomic E-state index is 10.6. The molecule has 0 aromatic heterocycles. The number of hydrogen-bond donors (Lipinski definition) is 0. The maximum Gasteiger partial charge on any atom is 0.330 e. The molecule has 0 unspecified atom stereocenters. The third kappa shape index (κ3) is 5.96. The number of carbonyl (C=O) groups excluding carboxylic acids is 1. The molecule has 1 atom stereocenters. The van der Waals surface area contributed by atoms with Crippen molar-refractivity contribution < 1.29 is 9.53 Å². The van der Waals surface area contributed by atoms with Crippen molar-refractivity contribution >= 4 is 5.97 Å². The zero-order valence-electron chi connectivity index (χ0n) is 8.01. The fourth-order valence-corrected chi connectivity index (χ4v) is 0.868. The molecule has 0 rings (SSSR count). The Bertz CT molecular complexity index is 141. The van der Waals surface area contributed by atoms with Crippen LogP contribution in [0.1, 0.15) is 33.1 Å². The predicted molar refractivity (Wildman–Crippen MR) is 49.8 cm³/mol. The van der Waals surface area contributed by atoms with Crippen LogP contribution in [-0.4, -0.2) is 12.6 Å². The Morgan fingerprint density at radius 2 is 2.33 bits per heavy atom. The third-order valence-electron chi connectivity index (χ3n) is 1.95. The first-order valence-corrected chi connectivity index (χ1v) is 4.49. The molecule has 0 aliphatic rings. The van der Waals surface area contributed by atoms with Crippen LogP contribution in [0.5, 0.6) is 0 Å². The molecule has 0 bridgehead atoms. The Labute approximate surface area is 74.6 Å². The minimum absolute atomic E-state index is 0.320. The van der Waals surface area contributed by atoms with Gasteiger partial charge in [-0.1, -0.05) is 26.8 Å². The molecule has 0 amide bonds. The second-order valence-electron chi connectivity index (χ2n) is 3.03. The standard InChI is InChI=1S/C10H18O2/c1-4-9(3)7-6-8-12-10(11)5-2/h5,9H,2,4,6-8H2,1,3H3/t9-/m0/s1. The Morgan fingerprint density at radius 3 is 2.83 bits per heavy atom. The Kier molecular flexibility index (Phi) is 6.44. The maximum atomic E-state index is 10.6. The molecular weight excluding hydrogens is 152 g/mol. The molecule has 2 nitrogen and oxygen atoms in total. The van der Waals surface area contributed by atoms with Crippen LogP contribution >= 0.6 is 0 Å². The smallest absolute Gasteiger partial charge is 0.330 e. The summed E-state index contributed by atoms with van der Waals surface area (Å²) >= 11 is 0. The summed E-state index contributed by atoms with van der Waals surface area (Å²) in [7, 11) is 0. The monoisotopic (exact) mass is 170 g/mol. The van der Waals surface area contributed by atoms with Gasteiger partial charge in [0.15, 0.2) is 0 Å². The van der Waals surface area contributed by atoms with E-state index in [-0.39, 0.29) is 5.97 Å². The van der Waals surface area contributed by atoms with Gasteiger partial charge in [-0.15, -0.1) is 0 Å². The molecule has 0 aromatic rings. The summed E-state index contributed by atoms with van der Waals surface area (Å²) in [5.41, 5.74) is 0. The fraction of sp³-hybridized carbons (Fsp3) is 0.700. The van der Waals surface area contributed by atoms with Crippen LogP contribution in [0.25, 0.3) is 0 Å². The highest BCUT2D eigenvalue weighted by atomic mass is 16.5. The van der Waals surface area contributed by atoms with Gasteiger partial charge in [0.1, 0.15) is 0 Å². The van der Waals surface area contributed by atoms with E-state index in [2.05, 4.69) is 20.4 Å². The minimum atomic E-state index is -0.320. The van der Waals surface area contributed by atoms with Gasteiger partial charge < -0.3 is 4.74 Å². The van der Waals surface area contributed by atoms with Crippen LogP contribution in [0.15, 0.2) is 12.7 Å². The molecule has 0 heterocycles. The fourth-order valence-electron chi connectivity index (χ4n) is 0.868. The van der Waals surface area contributed by atoms with Gasteiger partial charge in [0.05, 0.1) is 6.61 Å². The summed E-state index contributed by atoms with van der Waals surface area (Å²) in [5, 5.41) is 0. The molecule has 0 aliphatic heterocycles. The average Bonchev–Trinajstić information content (AvgIpc) is 2.11. The predicted octanol–water partition coefficient (Wildman–Crippen LogP) is 2.54. The summed E-state index contributed by atoms with van der Waals surface area (Å²) in [6, 6.07) is 0. The van der Waals surface area contributed by atoms with E-state index in [1.54, 1.807) is 0 Å². The molecule has 0 aliphatic carbocycles. The summed E-state index contributed by atoms with van der Waals surface area (Å²) in [6.07, 6.45) is 4.47. The van der Waals surface area contributed by atoms with Crippen molar-refractivity contribution in [2.75, 3.05) is 6.61 Å². The number of hydrogen-bond acceptors (Lipinski definition) is 2. The first kappa shape index (κ1) is 11.2. The molecule has 0 saturated carbocycles. The number of rotatable bonds is 6. The Morgan fingerprint density at radius 1 is 1.67 bits per heavy atom. The molecule has 0 fully saturated rings. The molecule has 70 valence electrons. The summed E-state index contributed by atoms with van der Waals surface area (Å²) < 4.78 is 4.83. The quantitative estimate of drug-likeness (QED) is 0.348. The van der Waals surface area contributed by atoms with Gasteiger partial charge in [-0.25, -0.2) is 4.79 Å². The van der Waals surface area contributed by atoms with Crippen molar-refractivity contribution in [3.63, 3.8) is 0 Å². The van der Waals surface area contributed by atoms with Crippen molar-refractivity contribution in [1.82, 2.24) is 0 Å². The van der Waals surface area contributed by atoms with Crippen LogP contribution in [0.4, 0.5) is 0 Å². The SMILES string of the molecule is C=CC(=O)OCCC[C@@H](C)CC. The molecular formula is C10H18O2. The highest BCUT2D eigenvalue weighted by Crippen LogP contribution is 2.08. The van der Waals surface area contributed by atoms with Gasteiger partial charge in [0.2, 0.25) is 0 Å². The van der Waals surface area contributed by atoms with Gasteiger partial charge in [0.25, 0.3) is 0 Å². The molecule has 12 heavy (non-hydrogen) atoms. The first-order valence-electron chi connectivity index (χ1n) is 4.49. The lowest BCUT2D eigenvalue weighted by molar-refractivity contribution is -0.137. The van der Waals surface area contributed by atoms with Crippen LogP contribution in [-0.2, 0) is 9.53 Å². The molecule has 0 radical (unpaired) electrons. The molecule has 2 heteroatoms. The molecule has 0 saturated heterocycles. The summed E-state index contributed by atoms with van der Waals surface area (Å²) in [4.78, 5) is 10.6. The number of esters is 1. The largest absolute Gasteiger partial charge is 0.463 e. The molecule has 0 spiro atoms. The summed E-state index contributed by atoms with van der Waals surface area (Å²) in [5.74, 6) is 0.409. The lowest BCUT2D eigenvalue weighted by Crippen LogP contribution is -2.03. The minimum Gasteiger partial charge on any atom is -0.463 e.